The number of methoxy groups -OCH3 is 1. The Morgan fingerprint density at radius 3 is 2.64 bits per heavy atom. The number of rotatable bonds is 4. The quantitative estimate of drug-likeness (QED) is 0.749. The number of nitrogens with zero attached hydrogens (tertiary/aromatic N) is 1. The van der Waals surface area contributed by atoms with Crippen molar-refractivity contribution in [3.8, 4) is 5.75 Å². The Bertz CT molecular complexity index is 1130. The Hall–Kier alpha value is -2.45. The topological polar surface area (TPSA) is 90.5 Å². The van der Waals surface area contributed by atoms with E-state index in [1.54, 1.807) is 26.1 Å². The monoisotopic (exact) mass is 382 g/mol. The van der Waals surface area contributed by atoms with Crippen molar-refractivity contribution >= 4 is 38.4 Å². The lowest BCUT2D eigenvalue weighted by Gasteiger charge is -2.13. The predicted octanol–water partition coefficient (Wildman–Crippen LogP) is 2.90. The van der Waals surface area contributed by atoms with Crippen molar-refractivity contribution in [2.75, 3.05) is 11.8 Å². The predicted molar refractivity (Wildman–Crippen MR) is 95.0 cm³/mol. The van der Waals surface area contributed by atoms with Crippen LogP contribution in [0.3, 0.4) is 0 Å². The van der Waals surface area contributed by atoms with Crippen molar-refractivity contribution < 1.29 is 17.6 Å². The molecule has 132 valence electrons. The molecule has 0 saturated heterocycles. The summed E-state index contributed by atoms with van der Waals surface area (Å²) in [6.45, 7) is 1.71. The minimum Gasteiger partial charge on any atom is -0.495 e. The molecule has 0 saturated carbocycles. The molecule has 7 nitrogen and oxygen atoms in total. The maximum Gasteiger partial charge on any atom is 0.419 e. The molecule has 0 spiro atoms. The van der Waals surface area contributed by atoms with Gasteiger partial charge in [-0.25, -0.2) is 13.2 Å². The van der Waals surface area contributed by atoms with Gasteiger partial charge in [0.1, 0.15) is 10.6 Å². The van der Waals surface area contributed by atoms with Crippen molar-refractivity contribution in [3.63, 3.8) is 0 Å². The molecule has 9 heteroatoms. The Morgan fingerprint density at radius 2 is 1.96 bits per heavy atom. The fourth-order valence-electron chi connectivity index (χ4n) is 2.44. The highest BCUT2D eigenvalue weighted by atomic mass is 35.5. The van der Waals surface area contributed by atoms with Gasteiger partial charge in [-0.05, 0) is 42.8 Å². The van der Waals surface area contributed by atoms with Gasteiger partial charge >= 0.3 is 5.76 Å². The van der Waals surface area contributed by atoms with E-state index >= 15 is 0 Å². The maximum absolute atomic E-state index is 12.8. The zero-order valence-electron chi connectivity index (χ0n) is 13.7. The molecule has 0 fully saturated rings. The molecule has 25 heavy (non-hydrogen) atoms. The fraction of sp³-hybridized carbons (Fsp3) is 0.188. The third kappa shape index (κ3) is 3.10. The summed E-state index contributed by atoms with van der Waals surface area (Å²) in [4.78, 5) is 11.5. The number of hydrogen-bond acceptors (Lipinski definition) is 5. The van der Waals surface area contributed by atoms with Crippen LogP contribution in [-0.2, 0) is 17.1 Å². The number of nitrogens with one attached hydrogen (secondary N) is 1. The summed E-state index contributed by atoms with van der Waals surface area (Å²) in [5, 5.41) is 0.269. The molecule has 0 radical (unpaired) electrons. The molecule has 0 aliphatic rings. The minimum atomic E-state index is -3.95. The molecule has 0 aliphatic heterocycles. The van der Waals surface area contributed by atoms with Gasteiger partial charge in [-0.2, -0.15) is 0 Å². The van der Waals surface area contributed by atoms with Crippen molar-refractivity contribution in [1.82, 2.24) is 4.57 Å². The summed E-state index contributed by atoms with van der Waals surface area (Å²) in [7, 11) is -1.03. The van der Waals surface area contributed by atoms with E-state index in [2.05, 4.69) is 4.72 Å². The van der Waals surface area contributed by atoms with Gasteiger partial charge in [0.15, 0.2) is 5.58 Å². The van der Waals surface area contributed by atoms with E-state index < -0.39 is 15.8 Å². The zero-order chi connectivity index (χ0) is 18.4. The van der Waals surface area contributed by atoms with Gasteiger partial charge < -0.3 is 9.15 Å². The van der Waals surface area contributed by atoms with Crippen LogP contribution in [0.4, 0.5) is 5.69 Å². The molecule has 2 aromatic carbocycles. The number of sulfonamides is 1. The Balaban J connectivity index is 2.11. The number of ether oxygens (including phenoxy) is 1. The Morgan fingerprint density at radius 1 is 1.24 bits per heavy atom. The van der Waals surface area contributed by atoms with Crippen LogP contribution in [0.15, 0.2) is 44.4 Å². The molecule has 3 aromatic rings. The van der Waals surface area contributed by atoms with Crippen molar-refractivity contribution in [3.05, 3.63) is 51.5 Å². The highest BCUT2D eigenvalue weighted by Gasteiger charge is 2.22. The van der Waals surface area contributed by atoms with Gasteiger partial charge in [-0.1, -0.05) is 11.6 Å². The largest absolute Gasteiger partial charge is 0.495 e. The number of benzene rings is 2. The molecule has 0 atom stereocenters. The summed E-state index contributed by atoms with van der Waals surface area (Å²) in [5.74, 6) is -0.350. The van der Waals surface area contributed by atoms with E-state index in [0.29, 0.717) is 22.4 Å². The summed E-state index contributed by atoms with van der Waals surface area (Å²) in [6.07, 6.45) is 0. The maximum atomic E-state index is 12.8. The lowest BCUT2D eigenvalue weighted by atomic mass is 10.2. The van der Waals surface area contributed by atoms with E-state index in [-0.39, 0.29) is 15.7 Å². The van der Waals surface area contributed by atoms with Gasteiger partial charge in [0.2, 0.25) is 0 Å². The number of aryl methyl sites for hydroxylation is 2. The molecule has 3 rings (SSSR count). The zero-order valence-corrected chi connectivity index (χ0v) is 15.2. The van der Waals surface area contributed by atoms with Crippen LogP contribution in [0.25, 0.3) is 11.1 Å². The van der Waals surface area contributed by atoms with Crippen LogP contribution < -0.4 is 15.2 Å². The van der Waals surface area contributed by atoms with Crippen LogP contribution in [0.1, 0.15) is 5.56 Å². The summed E-state index contributed by atoms with van der Waals surface area (Å²) < 4.78 is 39.6. The normalized spacial score (nSPS) is 11.7. The second-order valence-electron chi connectivity index (χ2n) is 5.46. The van der Waals surface area contributed by atoms with E-state index in [9.17, 15) is 13.2 Å². The van der Waals surface area contributed by atoms with Crippen LogP contribution in [0.5, 0.6) is 5.75 Å². The number of anilines is 1. The smallest absolute Gasteiger partial charge is 0.419 e. The van der Waals surface area contributed by atoms with Gasteiger partial charge in [-0.15, -0.1) is 0 Å². The third-order valence-electron chi connectivity index (χ3n) is 3.80. The second kappa shape index (κ2) is 6.12. The van der Waals surface area contributed by atoms with Gasteiger partial charge in [0, 0.05) is 12.1 Å². The highest BCUT2D eigenvalue weighted by molar-refractivity contribution is 7.92. The molecule has 1 N–H and O–H groups in total. The van der Waals surface area contributed by atoms with Crippen LogP contribution in [0.2, 0.25) is 5.02 Å². The second-order valence-corrected chi connectivity index (χ2v) is 7.55. The molecular weight excluding hydrogens is 368 g/mol. The van der Waals surface area contributed by atoms with Crippen LogP contribution >= 0.6 is 11.6 Å². The first-order chi connectivity index (χ1) is 11.7. The van der Waals surface area contributed by atoms with Crippen molar-refractivity contribution in [2.45, 2.75) is 11.8 Å². The average Bonchev–Trinajstić information content (AvgIpc) is 2.82. The molecule has 0 aliphatic carbocycles. The highest BCUT2D eigenvalue weighted by Crippen LogP contribution is 2.30. The number of hydrogen-bond donors (Lipinski definition) is 1. The lowest BCUT2D eigenvalue weighted by Crippen LogP contribution is -2.15. The first-order valence-corrected chi connectivity index (χ1v) is 9.05. The number of fused-ring (bicyclic) bond motifs is 1. The molecule has 0 unspecified atom stereocenters. The number of aromatic nitrogens is 1. The first-order valence-electron chi connectivity index (χ1n) is 7.19. The van der Waals surface area contributed by atoms with E-state index in [1.165, 1.54) is 29.9 Å². The lowest BCUT2D eigenvalue weighted by molar-refractivity contribution is 0.403. The molecular formula is C16H15ClN2O5S. The van der Waals surface area contributed by atoms with Crippen molar-refractivity contribution in [2.24, 2.45) is 7.05 Å². The van der Waals surface area contributed by atoms with E-state index in [0.717, 1.165) is 0 Å². The third-order valence-corrected chi connectivity index (χ3v) is 5.42. The van der Waals surface area contributed by atoms with Crippen LogP contribution in [-0.4, -0.2) is 20.1 Å². The molecule has 0 amide bonds. The number of oxazole rings is 1. The number of halogens is 1. The molecule has 1 heterocycles. The molecule has 0 bridgehead atoms. The minimum absolute atomic E-state index is 0.0805. The average molecular weight is 383 g/mol. The Labute approximate surface area is 148 Å². The van der Waals surface area contributed by atoms with Gasteiger partial charge in [0.05, 0.1) is 18.3 Å². The Kier molecular flexibility index (Phi) is 4.26. The van der Waals surface area contributed by atoms with Gasteiger partial charge in [-0.3, -0.25) is 9.29 Å². The van der Waals surface area contributed by atoms with Crippen molar-refractivity contribution in [1.29, 1.82) is 0 Å². The standard InChI is InChI=1S/C16H15ClN2O5S/c1-9-6-14-12(19(2)16(20)24-14)8-11(9)18-25(21,22)15-7-10(17)4-5-13(15)23-3/h4-8,18H,1-3H3. The fourth-order valence-corrected chi connectivity index (χ4v) is 4.00. The first kappa shape index (κ1) is 17.4. The molecule has 1 aromatic heterocycles. The van der Waals surface area contributed by atoms with Crippen LogP contribution in [0, 0.1) is 6.92 Å². The summed E-state index contributed by atoms with van der Waals surface area (Å²) >= 11 is 5.92. The van der Waals surface area contributed by atoms with E-state index in [4.69, 9.17) is 20.8 Å². The van der Waals surface area contributed by atoms with Gasteiger partial charge in [0.25, 0.3) is 10.0 Å². The van der Waals surface area contributed by atoms with E-state index in [1.807, 2.05) is 0 Å². The summed E-state index contributed by atoms with van der Waals surface area (Å²) in [5.41, 5.74) is 1.79. The summed E-state index contributed by atoms with van der Waals surface area (Å²) in [6, 6.07) is 7.48. The SMILES string of the molecule is COc1ccc(Cl)cc1S(=O)(=O)Nc1cc2c(cc1C)oc(=O)n2C.